The largest absolute Gasteiger partial charge is 0.365 e. The fraction of sp³-hybridized carbons (Fsp3) is 0.562. The Bertz CT molecular complexity index is 736. The molecule has 0 N–H and O–H groups in total. The van der Waals surface area contributed by atoms with Gasteiger partial charge in [-0.05, 0) is 12.0 Å². The number of nitrogens with zero attached hydrogens (tertiary/aromatic N) is 2. The Balaban J connectivity index is 1.55. The van der Waals surface area contributed by atoms with Gasteiger partial charge >= 0.3 is 0 Å². The van der Waals surface area contributed by atoms with Gasteiger partial charge in [-0.3, -0.25) is 4.79 Å². The number of hydrogen-bond donors (Lipinski definition) is 0. The molecule has 3 heterocycles. The Morgan fingerprint density at radius 3 is 2.78 bits per heavy atom. The molecule has 1 spiro atoms. The number of hydrogen-bond acceptors (Lipinski definition) is 4. The summed E-state index contributed by atoms with van der Waals surface area (Å²) in [5.41, 5.74) is 0.226. The first-order valence-corrected chi connectivity index (χ1v) is 9.36. The van der Waals surface area contributed by atoms with Crippen LogP contribution in [0.2, 0.25) is 0 Å². The topological polar surface area (TPSA) is 66.9 Å². The quantitative estimate of drug-likeness (QED) is 0.776. The molecule has 3 fully saturated rings. The van der Waals surface area contributed by atoms with Crippen molar-refractivity contribution < 1.29 is 17.9 Å². The highest BCUT2D eigenvalue weighted by molar-refractivity contribution is 7.90. The first kappa shape index (κ1) is 15.1. The van der Waals surface area contributed by atoms with E-state index in [4.69, 9.17) is 4.74 Å². The third kappa shape index (κ3) is 2.29. The summed E-state index contributed by atoms with van der Waals surface area (Å²) >= 11 is 0. The maximum absolute atomic E-state index is 12.6. The highest BCUT2D eigenvalue weighted by Crippen LogP contribution is 2.45. The molecule has 0 aromatic heterocycles. The van der Waals surface area contributed by atoms with Crippen molar-refractivity contribution in [3.05, 3.63) is 35.9 Å². The summed E-state index contributed by atoms with van der Waals surface area (Å²) in [6.07, 6.45) is 0.663. The predicted octanol–water partition coefficient (Wildman–Crippen LogP) is 0.243. The molecule has 1 aromatic rings. The summed E-state index contributed by atoms with van der Waals surface area (Å²) in [5, 5.41) is -0.514. The number of amides is 1. The van der Waals surface area contributed by atoms with Crippen molar-refractivity contribution in [3.63, 3.8) is 0 Å². The molecule has 0 saturated carbocycles. The van der Waals surface area contributed by atoms with Crippen molar-refractivity contribution >= 4 is 15.9 Å². The first-order valence-electron chi connectivity index (χ1n) is 7.85. The molecule has 3 aliphatic rings. The monoisotopic (exact) mass is 336 g/mol. The third-order valence-corrected chi connectivity index (χ3v) is 7.52. The van der Waals surface area contributed by atoms with E-state index in [-0.39, 0.29) is 12.0 Å². The number of likely N-dealkylation sites (N-methyl/N-ethyl adjacent to an activating group) is 1. The van der Waals surface area contributed by atoms with E-state index in [2.05, 4.69) is 0 Å². The fourth-order valence-electron chi connectivity index (χ4n) is 4.13. The van der Waals surface area contributed by atoms with Gasteiger partial charge in [0, 0.05) is 20.1 Å². The molecule has 6 nitrogen and oxygen atoms in total. The van der Waals surface area contributed by atoms with Gasteiger partial charge in [0.1, 0.15) is 10.9 Å². The van der Waals surface area contributed by atoms with Gasteiger partial charge in [-0.25, -0.2) is 12.7 Å². The van der Waals surface area contributed by atoms with Crippen molar-refractivity contribution in [2.45, 2.75) is 29.8 Å². The van der Waals surface area contributed by atoms with Crippen LogP contribution in [0.25, 0.3) is 0 Å². The van der Waals surface area contributed by atoms with Crippen LogP contribution >= 0.6 is 0 Å². The highest BCUT2D eigenvalue weighted by Gasteiger charge is 2.64. The lowest BCUT2D eigenvalue weighted by molar-refractivity contribution is -0.149. The second kappa shape index (κ2) is 5.03. The van der Waals surface area contributed by atoms with Gasteiger partial charge in [-0.2, -0.15) is 0 Å². The van der Waals surface area contributed by atoms with Gasteiger partial charge in [-0.1, -0.05) is 30.3 Å². The van der Waals surface area contributed by atoms with E-state index in [1.165, 1.54) is 4.31 Å². The number of benzene rings is 1. The highest BCUT2D eigenvalue weighted by atomic mass is 32.2. The number of likely N-dealkylation sites (tertiary alicyclic amines) is 1. The van der Waals surface area contributed by atoms with Crippen LogP contribution in [0, 0.1) is 0 Å². The van der Waals surface area contributed by atoms with E-state index < -0.39 is 20.9 Å². The van der Waals surface area contributed by atoms with Crippen molar-refractivity contribution in [2.24, 2.45) is 0 Å². The van der Waals surface area contributed by atoms with Crippen molar-refractivity contribution in [3.8, 4) is 0 Å². The summed E-state index contributed by atoms with van der Waals surface area (Å²) in [6, 6.07) is 9.62. The summed E-state index contributed by atoms with van der Waals surface area (Å²) in [4.78, 5) is 14.4. The van der Waals surface area contributed by atoms with Crippen molar-refractivity contribution in [2.75, 3.05) is 26.7 Å². The van der Waals surface area contributed by atoms with Crippen LogP contribution < -0.4 is 0 Å². The molecular weight excluding hydrogens is 316 g/mol. The second-order valence-electron chi connectivity index (χ2n) is 6.77. The van der Waals surface area contributed by atoms with E-state index in [9.17, 15) is 13.2 Å². The fourth-order valence-corrected chi connectivity index (χ4v) is 6.17. The number of carbonyl (C=O) groups is 1. The van der Waals surface area contributed by atoms with Crippen molar-refractivity contribution in [1.29, 1.82) is 0 Å². The van der Waals surface area contributed by atoms with Crippen LogP contribution in [0.1, 0.15) is 12.0 Å². The summed E-state index contributed by atoms with van der Waals surface area (Å²) in [5.74, 6) is 0.0384. The summed E-state index contributed by atoms with van der Waals surface area (Å²) in [6.45, 7) is 1.19. The lowest BCUT2D eigenvalue weighted by atomic mass is 9.99. The molecule has 3 atom stereocenters. The smallest absolute Gasteiger partial charge is 0.227 e. The van der Waals surface area contributed by atoms with Crippen LogP contribution in [-0.2, 0) is 26.0 Å². The molecule has 0 aliphatic carbocycles. The number of ether oxygens (including phenoxy) is 1. The molecule has 3 saturated heterocycles. The number of morpholine rings is 1. The molecule has 1 aromatic carbocycles. The van der Waals surface area contributed by atoms with Crippen LogP contribution in [0.5, 0.6) is 0 Å². The zero-order valence-corrected chi connectivity index (χ0v) is 13.8. The number of fused-ring (bicyclic) bond motifs is 1. The van der Waals surface area contributed by atoms with Crippen LogP contribution in [0.15, 0.2) is 30.3 Å². The molecule has 124 valence electrons. The summed E-state index contributed by atoms with van der Waals surface area (Å²) in [7, 11) is -1.71. The molecule has 7 heteroatoms. The van der Waals surface area contributed by atoms with Crippen LogP contribution in [-0.4, -0.2) is 67.2 Å². The average molecular weight is 336 g/mol. The Morgan fingerprint density at radius 1 is 1.30 bits per heavy atom. The molecule has 1 amide bonds. The van der Waals surface area contributed by atoms with Gasteiger partial charge in [0.2, 0.25) is 15.9 Å². The molecule has 3 aliphatic heterocycles. The number of rotatable bonds is 2. The molecule has 4 rings (SSSR count). The zero-order valence-electron chi connectivity index (χ0n) is 13.0. The predicted molar refractivity (Wildman–Crippen MR) is 84.3 cm³/mol. The Hall–Kier alpha value is -1.44. The number of sulfonamides is 1. The normalized spacial score (nSPS) is 35.3. The SMILES string of the molecule is CN1C[C@@]23CN(C(=O)Cc4ccccc4)C[C@@H](C[C@@H]2S1(=O)=O)O3. The maximum Gasteiger partial charge on any atom is 0.227 e. The van der Waals surface area contributed by atoms with Gasteiger partial charge < -0.3 is 9.64 Å². The van der Waals surface area contributed by atoms with Crippen LogP contribution in [0.4, 0.5) is 0 Å². The van der Waals surface area contributed by atoms with E-state index in [0.29, 0.717) is 32.5 Å². The van der Waals surface area contributed by atoms with Gasteiger partial charge in [0.25, 0.3) is 0 Å². The van der Waals surface area contributed by atoms with Gasteiger partial charge in [0.15, 0.2) is 0 Å². The maximum atomic E-state index is 12.6. The van der Waals surface area contributed by atoms with E-state index in [0.717, 1.165) is 5.56 Å². The zero-order chi connectivity index (χ0) is 16.2. The lowest BCUT2D eigenvalue weighted by Crippen LogP contribution is -2.56. The lowest BCUT2D eigenvalue weighted by Gasteiger charge is -2.39. The minimum Gasteiger partial charge on any atom is -0.365 e. The minimum absolute atomic E-state index is 0.0384. The molecule has 23 heavy (non-hydrogen) atoms. The first-order chi connectivity index (χ1) is 10.9. The Kier molecular flexibility index (Phi) is 3.30. The van der Waals surface area contributed by atoms with Gasteiger partial charge in [0.05, 0.1) is 19.1 Å². The molecule has 2 bridgehead atoms. The Labute approximate surface area is 136 Å². The van der Waals surface area contributed by atoms with Crippen molar-refractivity contribution in [1.82, 2.24) is 9.21 Å². The molecule has 0 radical (unpaired) electrons. The third-order valence-electron chi connectivity index (χ3n) is 5.18. The average Bonchev–Trinajstić information content (AvgIpc) is 2.87. The number of carbonyl (C=O) groups excluding carboxylic acids is 1. The standard InChI is InChI=1S/C16H20N2O4S/c1-17-10-16-11-18(15(19)7-12-5-3-2-4-6-12)9-13(22-16)8-14(16)23(17,20)21/h2-6,13-14H,7-11H2,1H3/t13-,14+,16-/m1/s1. The van der Waals surface area contributed by atoms with E-state index in [1.807, 2.05) is 30.3 Å². The van der Waals surface area contributed by atoms with Gasteiger partial charge in [-0.15, -0.1) is 0 Å². The summed E-state index contributed by atoms with van der Waals surface area (Å²) < 4.78 is 32.2. The molecule has 0 unspecified atom stereocenters. The van der Waals surface area contributed by atoms with Crippen LogP contribution in [0.3, 0.4) is 0 Å². The van der Waals surface area contributed by atoms with E-state index >= 15 is 0 Å². The second-order valence-corrected chi connectivity index (χ2v) is 8.99. The Morgan fingerprint density at radius 2 is 2.04 bits per heavy atom. The minimum atomic E-state index is -3.30. The van der Waals surface area contributed by atoms with E-state index in [1.54, 1.807) is 11.9 Å². The molecular formula is C16H20N2O4S.